The first-order valence-electron chi connectivity index (χ1n) is 1.13. The Morgan fingerprint density at radius 1 is 1.14 bits per heavy atom. The fourth-order valence-corrected chi connectivity index (χ4v) is 0.538. The summed E-state index contributed by atoms with van der Waals surface area (Å²) in [6.45, 7) is 0. The predicted molar refractivity (Wildman–Crippen MR) is 20.7 cm³/mol. The van der Waals surface area contributed by atoms with Crippen molar-refractivity contribution in [1.82, 2.24) is 0 Å². The van der Waals surface area contributed by atoms with Crippen molar-refractivity contribution in [2.75, 3.05) is 0 Å². The van der Waals surface area contributed by atoms with Gasteiger partial charge in [-0.1, -0.05) is 0 Å². The molecule has 0 aliphatic heterocycles. The zero-order chi connectivity index (χ0) is 5.86. The molecule has 0 aromatic carbocycles. The van der Waals surface area contributed by atoms with Crippen LogP contribution in [0.25, 0.3) is 0 Å². The van der Waals surface area contributed by atoms with Crippen molar-refractivity contribution >= 4 is 16.5 Å². The summed E-state index contributed by atoms with van der Waals surface area (Å²) in [6.07, 6.45) is 0. The van der Waals surface area contributed by atoms with Gasteiger partial charge in [-0.3, -0.25) is 0 Å². The standard InChI is InChI=1S/O5P2/c1-6(2)5-7(3)4/p+2. The van der Waals surface area contributed by atoms with E-state index in [0.717, 1.165) is 0 Å². The summed E-state index contributed by atoms with van der Waals surface area (Å²) in [5, 5.41) is 0. The van der Waals surface area contributed by atoms with Gasteiger partial charge in [-0.25, -0.2) is 0 Å². The molecule has 7 heteroatoms. The molecule has 0 radical (unpaired) electrons. The van der Waals surface area contributed by atoms with Gasteiger partial charge in [-0.2, -0.15) is 0 Å². The molecule has 7 heavy (non-hydrogen) atoms. The minimum Gasteiger partial charge on any atom is -0.131 e. The number of rotatable bonds is 2. The van der Waals surface area contributed by atoms with Gasteiger partial charge >= 0.3 is 16.5 Å². The van der Waals surface area contributed by atoms with Crippen molar-refractivity contribution in [3.63, 3.8) is 0 Å². The normalized spacial score (nSPS) is 13.4. The lowest BCUT2D eigenvalue weighted by Crippen LogP contribution is -1.58. The maximum Gasteiger partial charge on any atom is 0.745 e. The van der Waals surface area contributed by atoms with Crippen LogP contribution in [0.15, 0.2) is 0 Å². The van der Waals surface area contributed by atoms with Gasteiger partial charge in [0.2, 0.25) is 0 Å². The molecule has 0 bridgehead atoms. The van der Waals surface area contributed by atoms with E-state index in [1.54, 1.807) is 0 Å². The molecule has 0 fully saturated rings. The molecule has 40 valence electrons. The van der Waals surface area contributed by atoms with Crippen LogP contribution in [0.1, 0.15) is 0 Å². The van der Waals surface area contributed by atoms with Gasteiger partial charge in [-0.15, -0.1) is 9.79 Å². The van der Waals surface area contributed by atoms with Gasteiger partial charge in [0.25, 0.3) is 0 Å². The highest BCUT2D eigenvalue weighted by molar-refractivity contribution is 7.46. The Morgan fingerprint density at radius 3 is 1.43 bits per heavy atom. The molecule has 2 atom stereocenters. The maximum absolute atomic E-state index is 9.39. The van der Waals surface area contributed by atoms with Crippen LogP contribution in [0.4, 0.5) is 0 Å². The lowest BCUT2D eigenvalue weighted by molar-refractivity contribution is 0.371. The fourth-order valence-electron chi connectivity index (χ4n) is 0.0598. The Labute approximate surface area is 40.8 Å². The van der Waals surface area contributed by atoms with E-state index in [9.17, 15) is 9.13 Å². The van der Waals surface area contributed by atoms with Gasteiger partial charge in [-0.05, 0) is 0 Å². The van der Waals surface area contributed by atoms with Gasteiger partial charge in [0.1, 0.15) is 0 Å². The summed E-state index contributed by atoms with van der Waals surface area (Å²) < 4.78 is 22.2. The maximum atomic E-state index is 9.39. The number of hydrogen-bond acceptors (Lipinski definition) is 3. The Kier molecular flexibility index (Phi) is 3.17. The van der Waals surface area contributed by atoms with E-state index in [4.69, 9.17) is 9.79 Å². The predicted octanol–water partition coefficient (Wildman–Crippen LogP) is 0.302. The molecule has 0 aliphatic carbocycles. The average molecular weight is 144 g/mol. The van der Waals surface area contributed by atoms with E-state index in [2.05, 4.69) is 4.31 Å². The second-order valence-corrected chi connectivity index (χ2v) is 2.16. The van der Waals surface area contributed by atoms with E-state index < -0.39 is 16.5 Å². The zero-order valence-electron chi connectivity index (χ0n) is 3.01. The van der Waals surface area contributed by atoms with E-state index in [1.165, 1.54) is 0 Å². The van der Waals surface area contributed by atoms with Gasteiger partial charge in [0.05, 0.1) is 0 Å². The molecule has 2 unspecified atom stereocenters. The fraction of sp³-hybridized carbons (Fsp3) is 0. The van der Waals surface area contributed by atoms with Gasteiger partial charge in [0, 0.05) is 9.13 Å². The Hall–Kier alpha value is 0.0800. The molecule has 0 saturated carbocycles. The van der Waals surface area contributed by atoms with Crippen molar-refractivity contribution < 1.29 is 23.2 Å². The molecular formula is H2O5P2+2. The molecule has 0 spiro atoms. The number of hydrogen-bond donors (Lipinski definition) is 2. The molecule has 2 N–H and O–H groups in total. The SMILES string of the molecule is O=[P+](O)O[P+](=O)O. The summed E-state index contributed by atoms with van der Waals surface area (Å²) in [4.78, 5) is 15.3. The van der Waals surface area contributed by atoms with Crippen LogP contribution < -0.4 is 0 Å². The third-order valence-corrected chi connectivity index (χ3v) is 1.26. The summed E-state index contributed by atoms with van der Waals surface area (Å²) in [6, 6.07) is 0. The third-order valence-electron chi connectivity index (χ3n) is 0.140. The third kappa shape index (κ3) is 6.08. The Morgan fingerprint density at radius 2 is 1.43 bits per heavy atom. The molecule has 0 saturated heterocycles. The van der Waals surface area contributed by atoms with Crippen molar-refractivity contribution in [3.05, 3.63) is 0 Å². The van der Waals surface area contributed by atoms with Crippen molar-refractivity contribution in [2.24, 2.45) is 0 Å². The molecule has 0 rings (SSSR count). The highest BCUT2D eigenvalue weighted by atomic mass is 31.2. The lowest BCUT2D eigenvalue weighted by Gasteiger charge is -1.50. The Bertz CT molecular complexity index is 82.3. The topological polar surface area (TPSA) is 83.8 Å². The van der Waals surface area contributed by atoms with Crippen molar-refractivity contribution in [3.8, 4) is 0 Å². The summed E-state index contributed by atoms with van der Waals surface area (Å²) in [7, 11) is -5.85. The second-order valence-electron chi connectivity index (χ2n) is 0.557. The van der Waals surface area contributed by atoms with Crippen LogP contribution in [0.2, 0.25) is 0 Å². The van der Waals surface area contributed by atoms with Crippen LogP contribution >= 0.6 is 16.5 Å². The first-order valence-corrected chi connectivity index (χ1v) is 3.39. The molecule has 0 aliphatic rings. The monoisotopic (exact) mass is 144 g/mol. The van der Waals surface area contributed by atoms with Crippen LogP contribution in [0.3, 0.4) is 0 Å². The second kappa shape index (κ2) is 3.13. The molecule has 0 heterocycles. The quantitative estimate of drug-likeness (QED) is 0.544. The minimum atomic E-state index is -2.92. The van der Waals surface area contributed by atoms with Crippen LogP contribution in [-0.4, -0.2) is 9.79 Å². The van der Waals surface area contributed by atoms with Crippen molar-refractivity contribution in [2.45, 2.75) is 0 Å². The summed E-state index contributed by atoms with van der Waals surface area (Å²) >= 11 is 0. The molecule has 0 aromatic rings. The van der Waals surface area contributed by atoms with E-state index >= 15 is 0 Å². The highest BCUT2D eigenvalue weighted by Gasteiger charge is 2.31. The largest absolute Gasteiger partial charge is 0.745 e. The first kappa shape index (κ1) is 7.08. The van der Waals surface area contributed by atoms with Crippen LogP contribution in [0, 0.1) is 0 Å². The molecule has 0 aromatic heterocycles. The zero-order valence-corrected chi connectivity index (χ0v) is 4.80. The summed E-state index contributed by atoms with van der Waals surface area (Å²) in [5.74, 6) is 0. The summed E-state index contributed by atoms with van der Waals surface area (Å²) in [5.41, 5.74) is 0. The van der Waals surface area contributed by atoms with E-state index in [1.807, 2.05) is 0 Å². The highest BCUT2D eigenvalue weighted by Crippen LogP contribution is 2.30. The van der Waals surface area contributed by atoms with Gasteiger partial charge < -0.3 is 0 Å². The smallest absolute Gasteiger partial charge is 0.131 e. The van der Waals surface area contributed by atoms with Crippen molar-refractivity contribution in [1.29, 1.82) is 0 Å². The lowest BCUT2D eigenvalue weighted by atomic mass is 15.8. The van der Waals surface area contributed by atoms with E-state index in [0.29, 0.717) is 0 Å². The average Bonchev–Trinajstić information content (AvgIpc) is 1.27. The molecule has 5 nitrogen and oxygen atoms in total. The molecule has 0 amide bonds. The first-order chi connectivity index (χ1) is 3.13. The molecular weight excluding hydrogens is 142 g/mol. The van der Waals surface area contributed by atoms with E-state index in [-0.39, 0.29) is 0 Å². The minimum absolute atomic E-state index is 2.92. The van der Waals surface area contributed by atoms with Gasteiger partial charge in [0.15, 0.2) is 4.31 Å². The van der Waals surface area contributed by atoms with Crippen LogP contribution in [0.5, 0.6) is 0 Å². The van der Waals surface area contributed by atoms with Crippen LogP contribution in [-0.2, 0) is 13.4 Å². The Balaban J connectivity index is 3.32.